The first kappa shape index (κ1) is 27.1. The average molecular weight is 461 g/mol. The fourth-order valence-corrected chi connectivity index (χ4v) is 7.39. The Labute approximate surface area is 206 Å². The topological polar surface area (TPSA) is 26.3 Å². The quantitative estimate of drug-likeness (QED) is 0.202. The first-order valence-electron chi connectivity index (χ1n) is 15.4. The van der Waals surface area contributed by atoms with Gasteiger partial charge >= 0.3 is 5.97 Å². The van der Waals surface area contributed by atoms with Crippen molar-refractivity contribution in [2.24, 2.45) is 29.6 Å². The van der Waals surface area contributed by atoms with Crippen LogP contribution in [0.1, 0.15) is 155 Å². The second kappa shape index (κ2) is 15.5. The van der Waals surface area contributed by atoms with Crippen molar-refractivity contribution in [1.82, 2.24) is 0 Å². The van der Waals surface area contributed by atoms with E-state index < -0.39 is 0 Å². The van der Waals surface area contributed by atoms with Gasteiger partial charge in [-0.25, -0.2) is 0 Å². The molecule has 0 bridgehead atoms. The molecule has 0 radical (unpaired) electrons. The van der Waals surface area contributed by atoms with E-state index in [2.05, 4.69) is 13.8 Å². The summed E-state index contributed by atoms with van der Waals surface area (Å²) in [6, 6.07) is 0. The first-order valence-corrected chi connectivity index (χ1v) is 15.4. The van der Waals surface area contributed by atoms with Gasteiger partial charge in [-0.05, 0) is 74.5 Å². The number of esters is 1. The fourth-order valence-electron chi connectivity index (χ4n) is 7.39. The van der Waals surface area contributed by atoms with Crippen LogP contribution in [0.2, 0.25) is 0 Å². The molecule has 3 fully saturated rings. The molecule has 0 heterocycles. The van der Waals surface area contributed by atoms with Crippen LogP contribution in [0.5, 0.6) is 0 Å². The molecule has 0 N–H and O–H groups in total. The highest BCUT2D eigenvalue weighted by Gasteiger charge is 2.32. The van der Waals surface area contributed by atoms with Crippen LogP contribution in [0.3, 0.4) is 0 Å². The highest BCUT2D eigenvalue weighted by molar-refractivity contribution is 5.69. The molecule has 0 aromatic rings. The van der Waals surface area contributed by atoms with Gasteiger partial charge in [0, 0.05) is 6.42 Å². The van der Waals surface area contributed by atoms with Crippen LogP contribution in [0.25, 0.3) is 0 Å². The van der Waals surface area contributed by atoms with Crippen molar-refractivity contribution in [2.45, 2.75) is 161 Å². The summed E-state index contributed by atoms with van der Waals surface area (Å²) in [5.74, 6) is 5.01. The van der Waals surface area contributed by atoms with Gasteiger partial charge in [-0.3, -0.25) is 4.79 Å². The van der Waals surface area contributed by atoms with Crippen LogP contribution in [-0.4, -0.2) is 12.1 Å². The third-order valence-electron chi connectivity index (χ3n) is 9.69. The van der Waals surface area contributed by atoms with E-state index in [9.17, 15) is 4.79 Å². The van der Waals surface area contributed by atoms with Crippen LogP contribution < -0.4 is 0 Å². The molecule has 2 heteroatoms. The van der Waals surface area contributed by atoms with Crippen molar-refractivity contribution in [3.05, 3.63) is 0 Å². The van der Waals surface area contributed by atoms with Crippen LogP contribution >= 0.6 is 0 Å². The molecule has 3 rings (SSSR count). The van der Waals surface area contributed by atoms with Gasteiger partial charge in [-0.1, -0.05) is 104 Å². The van der Waals surface area contributed by atoms with E-state index in [0.717, 1.165) is 48.9 Å². The Morgan fingerprint density at radius 3 is 1.61 bits per heavy atom. The maximum absolute atomic E-state index is 11.8. The Kier molecular flexibility index (Phi) is 12.7. The highest BCUT2D eigenvalue weighted by atomic mass is 16.5. The molecule has 0 aromatic heterocycles. The van der Waals surface area contributed by atoms with Gasteiger partial charge in [0.15, 0.2) is 0 Å². The molecule has 0 aromatic carbocycles. The van der Waals surface area contributed by atoms with Gasteiger partial charge in [0.05, 0.1) is 0 Å². The van der Waals surface area contributed by atoms with E-state index in [4.69, 9.17) is 4.74 Å². The lowest BCUT2D eigenvalue weighted by Gasteiger charge is -2.38. The van der Waals surface area contributed by atoms with E-state index in [-0.39, 0.29) is 12.1 Å². The highest BCUT2D eigenvalue weighted by Crippen LogP contribution is 2.43. The van der Waals surface area contributed by atoms with Crippen molar-refractivity contribution in [2.75, 3.05) is 0 Å². The molecule has 2 nitrogen and oxygen atoms in total. The zero-order valence-corrected chi connectivity index (χ0v) is 22.3. The number of hydrogen-bond donors (Lipinski definition) is 0. The lowest BCUT2D eigenvalue weighted by Crippen LogP contribution is -2.29. The monoisotopic (exact) mass is 460 g/mol. The Balaban J connectivity index is 1.21. The summed E-state index contributed by atoms with van der Waals surface area (Å²) in [6.45, 7) is 4.37. The predicted octanol–water partition coefficient (Wildman–Crippen LogP) is 9.64. The molecule has 33 heavy (non-hydrogen) atoms. The Bertz CT molecular complexity index is 505. The van der Waals surface area contributed by atoms with E-state index >= 15 is 0 Å². The number of carbonyl (C=O) groups is 1. The summed E-state index contributed by atoms with van der Waals surface area (Å²) in [7, 11) is 0. The maximum atomic E-state index is 11.8. The van der Waals surface area contributed by atoms with Crippen LogP contribution in [0.4, 0.5) is 0 Å². The Morgan fingerprint density at radius 1 is 0.576 bits per heavy atom. The smallest absolute Gasteiger partial charge is 0.306 e. The molecule has 0 unspecified atom stereocenters. The van der Waals surface area contributed by atoms with Crippen LogP contribution in [0, 0.1) is 29.6 Å². The summed E-state index contributed by atoms with van der Waals surface area (Å²) in [5, 5.41) is 0. The molecule has 192 valence electrons. The molecule has 0 saturated heterocycles. The maximum Gasteiger partial charge on any atom is 0.306 e. The lowest BCUT2D eigenvalue weighted by molar-refractivity contribution is -0.151. The van der Waals surface area contributed by atoms with Gasteiger partial charge in [0.1, 0.15) is 6.10 Å². The summed E-state index contributed by atoms with van der Waals surface area (Å²) in [5.41, 5.74) is 0. The summed E-state index contributed by atoms with van der Waals surface area (Å²) in [4.78, 5) is 11.8. The third kappa shape index (κ3) is 9.93. The first-order chi connectivity index (χ1) is 16.2. The molecular weight excluding hydrogens is 404 g/mol. The number of unbranched alkanes of at least 4 members (excludes halogenated alkanes) is 4. The zero-order valence-electron chi connectivity index (χ0n) is 22.3. The predicted molar refractivity (Wildman–Crippen MR) is 140 cm³/mol. The molecule has 3 aliphatic rings. The second-order valence-corrected chi connectivity index (χ2v) is 12.2. The summed E-state index contributed by atoms with van der Waals surface area (Å²) in [6.07, 6.45) is 30.3. The lowest BCUT2D eigenvalue weighted by atomic mass is 9.69. The van der Waals surface area contributed by atoms with E-state index in [1.54, 1.807) is 0 Å². The minimum Gasteiger partial charge on any atom is -0.462 e. The molecule has 0 atom stereocenters. The molecule has 0 spiro atoms. The van der Waals surface area contributed by atoms with Gasteiger partial charge in [0.25, 0.3) is 0 Å². The number of ether oxygens (including phenoxy) is 1. The normalized spacial score (nSPS) is 33.0. The van der Waals surface area contributed by atoms with E-state index in [0.29, 0.717) is 6.42 Å². The second-order valence-electron chi connectivity index (χ2n) is 12.2. The number of hydrogen-bond acceptors (Lipinski definition) is 2. The third-order valence-corrected chi connectivity index (χ3v) is 9.69. The Morgan fingerprint density at radius 2 is 1.06 bits per heavy atom. The van der Waals surface area contributed by atoms with Crippen LogP contribution in [0.15, 0.2) is 0 Å². The van der Waals surface area contributed by atoms with Crippen LogP contribution in [-0.2, 0) is 9.53 Å². The van der Waals surface area contributed by atoms with E-state index in [1.807, 2.05) is 0 Å². The van der Waals surface area contributed by atoms with Crippen molar-refractivity contribution in [3.63, 3.8) is 0 Å². The van der Waals surface area contributed by atoms with Gasteiger partial charge < -0.3 is 4.74 Å². The van der Waals surface area contributed by atoms with Gasteiger partial charge in [-0.2, -0.15) is 0 Å². The molecule has 3 saturated carbocycles. The zero-order chi connectivity index (χ0) is 23.3. The minimum absolute atomic E-state index is 0.0253. The standard InChI is InChI=1S/C31H56O2/c1-3-5-6-7-8-10-25-11-13-26(14-12-25)15-16-27-17-19-28(20-18-27)29-21-23-30(24-22-29)33-31(32)9-4-2/h25-30H,3-24H2,1-2H3. The largest absolute Gasteiger partial charge is 0.462 e. The van der Waals surface area contributed by atoms with E-state index in [1.165, 1.54) is 116 Å². The number of rotatable bonds is 13. The molecule has 0 amide bonds. The summed E-state index contributed by atoms with van der Waals surface area (Å²) >= 11 is 0. The van der Waals surface area contributed by atoms with Gasteiger partial charge in [-0.15, -0.1) is 0 Å². The van der Waals surface area contributed by atoms with Crippen molar-refractivity contribution < 1.29 is 9.53 Å². The molecular formula is C31H56O2. The Hall–Kier alpha value is -0.530. The van der Waals surface area contributed by atoms with Gasteiger partial charge in [0.2, 0.25) is 0 Å². The van der Waals surface area contributed by atoms with Crippen molar-refractivity contribution >= 4 is 5.97 Å². The number of carbonyl (C=O) groups excluding carboxylic acids is 1. The SMILES string of the molecule is CCCCCCCC1CCC(CCC2CCC(C3CCC(OC(=O)CCC)CC3)CC2)CC1. The fraction of sp³-hybridized carbons (Fsp3) is 0.968. The summed E-state index contributed by atoms with van der Waals surface area (Å²) < 4.78 is 5.67. The molecule has 0 aliphatic heterocycles. The van der Waals surface area contributed by atoms with Crippen molar-refractivity contribution in [1.29, 1.82) is 0 Å². The minimum atomic E-state index is 0.0253. The average Bonchev–Trinajstić information content (AvgIpc) is 2.84. The van der Waals surface area contributed by atoms with Crippen molar-refractivity contribution in [3.8, 4) is 0 Å². The molecule has 3 aliphatic carbocycles.